The molecule has 1 aromatic carbocycles. The van der Waals surface area contributed by atoms with E-state index in [4.69, 9.17) is 0 Å². The molecule has 0 spiro atoms. The Morgan fingerprint density at radius 3 is 2.63 bits per heavy atom. The van der Waals surface area contributed by atoms with Gasteiger partial charge in [-0.15, -0.1) is 11.8 Å². The summed E-state index contributed by atoms with van der Waals surface area (Å²) in [5, 5.41) is 12.6. The van der Waals surface area contributed by atoms with Crippen LogP contribution in [0.2, 0.25) is 0 Å². The van der Waals surface area contributed by atoms with Crippen molar-refractivity contribution in [2.24, 2.45) is 5.41 Å². The summed E-state index contributed by atoms with van der Waals surface area (Å²) in [6, 6.07) is 7.98. The molecule has 1 fully saturated rings. The van der Waals surface area contributed by atoms with Crippen LogP contribution in [0.25, 0.3) is 0 Å². The Hall–Kier alpha value is -0.520. The molecule has 19 heavy (non-hydrogen) atoms. The summed E-state index contributed by atoms with van der Waals surface area (Å²) in [5.74, 6) is 0.433. The van der Waals surface area contributed by atoms with Gasteiger partial charge in [0, 0.05) is 20.8 Å². The molecule has 2 rings (SSSR count). The van der Waals surface area contributed by atoms with Gasteiger partial charge in [-0.05, 0) is 30.7 Å². The van der Waals surface area contributed by atoms with E-state index in [1.807, 2.05) is 38.1 Å². The number of aliphatic hydroxyl groups excluding tert-OH is 1. The van der Waals surface area contributed by atoms with Crippen molar-refractivity contribution in [3.05, 3.63) is 28.7 Å². The van der Waals surface area contributed by atoms with Crippen molar-refractivity contribution in [2.75, 3.05) is 5.75 Å². The molecule has 1 aliphatic rings. The number of hydrogen-bond acceptors (Lipinski definition) is 3. The van der Waals surface area contributed by atoms with Crippen molar-refractivity contribution in [3.8, 4) is 0 Å². The van der Waals surface area contributed by atoms with Gasteiger partial charge >= 0.3 is 0 Å². The SMILES string of the molecule is CC1(C)C(O)CC1NC(=O)CSc1ccc(Br)cc1. The smallest absolute Gasteiger partial charge is 0.230 e. The zero-order valence-electron chi connectivity index (χ0n) is 11.0. The highest BCUT2D eigenvalue weighted by Crippen LogP contribution is 2.40. The minimum absolute atomic E-state index is 0.0258. The fourth-order valence-electron chi connectivity index (χ4n) is 2.06. The second-order valence-electron chi connectivity index (χ2n) is 5.44. The Kier molecular flexibility index (Phi) is 4.58. The van der Waals surface area contributed by atoms with Crippen molar-refractivity contribution in [1.82, 2.24) is 5.32 Å². The average molecular weight is 344 g/mol. The minimum Gasteiger partial charge on any atom is -0.392 e. The van der Waals surface area contributed by atoms with Crippen LogP contribution in [0.4, 0.5) is 0 Å². The summed E-state index contributed by atoms with van der Waals surface area (Å²) < 4.78 is 1.03. The van der Waals surface area contributed by atoms with Crippen LogP contribution in [-0.2, 0) is 4.79 Å². The third kappa shape index (κ3) is 3.52. The molecule has 0 aromatic heterocycles. The van der Waals surface area contributed by atoms with Crippen molar-refractivity contribution < 1.29 is 9.90 Å². The van der Waals surface area contributed by atoms with E-state index < -0.39 is 0 Å². The molecule has 2 unspecified atom stereocenters. The zero-order valence-corrected chi connectivity index (χ0v) is 13.4. The third-order valence-corrected chi connectivity index (χ3v) is 5.28. The van der Waals surface area contributed by atoms with E-state index in [1.54, 1.807) is 0 Å². The Bertz CT molecular complexity index is 461. The van der Waals surface area contributed by atoms with Crippen LogP contribution in [0.3, 0.4) is 0 Å². The van der Waals surface area contributed by atoms with E-state index in [-0.39, 0.29) is 23.5 Å². The largest absolute Gasteiger partial charge is 0.392 e. The number of thioether (sulfide) groups is 1. The van der Waals surface area contributed by atoms with Crippen molar-refractivity contribution in [2.45, 2.75) is 37.3 Å². The lowest BCUT2D eigenvalue weighted by Crippen LogP contribution is -2.61. The van der Waals surface area contributed by atoms with Gasteiger partial charge in [0.05, 0.1) is 11.9 Å². The molecule has 3 nitrogen and oxygen atoms in total. The van der Waals surface area contributed by atoms with Gasteiger partial charge in [0.2, 0.25) is 5.91 Å². The predicted octanol–water partition coefficient (Wildman–Crippen LogP) is 2.82. The number of carbonyl (C=O) groups excluding carboxylic acids is 1. The van der Waals surface area contributed by atoms with Crippen LogP contribution in [0, 0.1) is 5.41 Å². The Labute approximate surface area is 126 Å². The van der Waals surface area contributed by atoms with Gasteiger partial charge in [0.1, 0.15) is 0 Å². The maximum absolute atomic E-state index is 11.9. The number of hydrogen-bond donors (Lipinski definition) is 2. The lowest BCUT2D eigenvalue weighted by Gasteiger charge is -2.49. The normalized spacial score (nSPS) is 24.6. The van der Waals surface area contributed by atoms with E-state index in [9.17, 15) is 9.90 Å². The summed E-state index contributed by atoms with van der Waals surface area (Å²) in [7, 11) is 0. The number of carbonyl (C=O) groups is 1. The lowest BCUT2D eigenvalue weighted by atomic mass is 9.64. The first kappa shape index (κ1) is 14.9. The number of nitrogens with one attached hydrogen (secondary N) is 1. The summed E-state index contributed by atoms with van der Waals surface area (Å²) in [4.78, 5) is 12.9. The van der Waals surface area contributed by atoms with Gasteiger partial charge in [0.25, 0.3) is 0 Å². The van der Waals surface area contributed by atoms with Crippen molar-refractivity contribution >= 4 is 33.6 Å². The van der Waals surface area contributed by atoms with Crippen LogP contribution in [-0.4, -0.2) is 28.9 Å². The molecule has 1 aromatic rings. The standard InChI is InChI=1S/C14H18BrNO2S/c1-14(2)11(7-12(14)17)16-13(18)8-19-10-5-3-9(15)4-6-10/h3-6,11-12,17H,7-8H2,1-2H3,(H,16,18). The van der Waals surface area contributed by atoms with E-state index in [0.29, 0.717) is 12.2 Å². The van der Waals surface area contributed by atoms with Crippen LogP contribution in [0.5, 0.6) is 0 Å². The van der Waals surface area contributed by atoms with Crippen molar-refractivity contribution in [1.29, 1.82) is 0 Å². The number of aliphatic hydroxyl groups is 1. The van der Waals surface area contributed by atoms with E-state index in [1.165, 1.54) is 11.8 Å². The fraction of sp³-hybridized carbons (Fsp3) is 0.500. The van der Waals surface area contributed by atoms with Crippen LogP contribution < -0.4 is 5.32 Å². The monoisotopic (exact) mass is 343 g/mol. The summed E-state index contributed by atoms with van der Waals surface area (Å²) in [6.07, 6.45) is 0.346. The van der Waals surface area contributed by atoms with Gasteiger partial charge in [-0.1, -0.05) is 29.8 Å². The maximum atomic E-state index is 11.9. The molecule has 1 saturated carbocycles. The quantitative estimate of drug-likeness (QED) is 0.826. The molecule has 0 radical (unpaired) electrons. The Balaban J connectivity index is 1.78. The first-order valence-electron chi connectivity index (χ1n) is 6.25. The number of benzene rings is 1. The first-order valence-corrected chi connectivity index (χ1v) is 8.03. The molecular formula is C14H18BrNO2S. The van der Waals surface area contributed by atoms with Gasteiger partial charge in [-0.25, -0.2) is 0 Å². The lowest BCUT2D eigenvalue weighted by molar-refractivity contribution is -0.126. The van der Waals surface area contributed by atoms with E-state index >= 15 is 0 Å². The summed E-state index contributed by atoms with van der Waals surface area (Å²) in [6.45, 7) is 3.96. The molecule has 2 N–H and O–H groups in total. The van der Waals surface area contributed by atoms with E-state index in [0.717, 1.165) is 9.37 Å². The summed E-state index contributed by atoms with van der Waals surface area (Å²) >= 11 is 4.90. The Morgan fingerprint density at radius 1 is 1.47 bits per heavy atom. The highest BCUT2D eigenvalue weighted by Gasteiger charge is 2.47. The Morgan fingerprint density at radius 2 is 2.11 bits per heavy atom. The molecule has 0 heterocycles. The second-order valence-corrected chi connectivity index (χ2v) is 7.40. The molecular weight excluding hydrogens is 326 g/mol. The van der Waals surface area contributed by atoms with Crippen LogP contribution in [0.1, 0.15) is 20.3 Å². The first-order chi connectivity index (χ1) is 8.89. The highest BCUT2D eigenvalue weighted by molar-refractivity contribution is 9.10. The van der Waals surface area contributed by atoms with Crippen molar-refractivity contribution in [3.63, 3.8) is 0 Å². The second kappa shape index (κ2) is 5.85. The molecule has 2 atom stereocenters. The molecule has 0 saturated heterocycles. The molecule has 1 aliphatic carbocycles. The summed E-state index contributed by atoms with van der Waals surface area (Å²) in [5.41, 5.74) is -0.210. The topological polar surface area (TPSA) is 49.3 Å². The number of rotatable bonds is 4. The van der Waals surface area contributed by atoms with Crippen LogP contribution >= 0.6 is 27.7 Å². The number of amides is 1. The predicted molar refractivity (Wildman–Crippen MR) is 81.2 cm³/mol. The van der Waals surface area contributed by atoms with Gasteiger partial charge in [-0.2, -0.15) is 0 Å². The average Bonchev–Trinajstić information content (AvgIpc) is 2.38. The van der Waals surface area contributed by atoms with Gasteiger partial charge in [-0.3, -0.25) is 4.79 Å². The van der Waals surface area contributed by atoms with E-state index in [2.05, 4.69) is 21.2 Å². The minimum atomic E-state index is -0.308. The highest BCUT2D eigenvalue weighted by atomic mass is 79.9. The molecule has 5 heteroatoms. The molecule has 0 bridgehead atoms. The molecule has 104 valence electrons. The maximum Gasteiger partial charge on any atom is 0.230 e. The fourth-order valence-corrected chi connectivity index (χ4v) is 3.04. The molecule has 1 amide bonds. The molecule has 0 aliphatic heterocycles. The van der Waals surface area contributed by atoms with Gasteiger partial charge < -0.3 is 10.4 Å². The van der Waals surface area contributed by atoms with Gasteiger partial charge in [0.15, 0.2) is 0 Å². The number of halogens is 1. The zero-order chi connectivity index (χ0) is 14.0. The van der Waals surface area contributed by atoms with Crippen LogP contribution in [0.15, 0.2) is 33.6 Å². The third-order valence-electron chi connectivity index (χ3n) is 3.73.